The second-order valence-electron chi connectivity index (χ2n) is 10.3. The normalized spacial score (nSPS) is 16.6. The number of thioether (sulfide) groups is 1. The Kier molecular flexibility index (Phi) is 11.1. The summed E-state index contributed by atoms with van der Waals surface area (Å²) < 4.78 is 20.9. The maximum Gasteiger partial charge on any atom is 0.326 e. The summed E-state index contributed by atoms with van der Waals surface area (Å²) >= 11 is 1.64. The molecular formula is C31H37FN4O4S. The first kappa shape index (κ1) is 30.5. The van der Waals surface area contributed by atoms with Crippen LogP contribution in [0.4, 0.5) is 4.39 Å². The van der Waals surface area contributed by atoms with Gasteiger partial charge in [-0.1, -0.05) is 31.2 Å². The fourth-order valence-corrected chi connectivity index (χ4v) is 5.89. The standard InChI is InChI=1S/C31H37FN4O4S/c1-22(19-35-13-15-40-16-14-35)29(41-2)18-28(31(38)39)34-30(37)25-5-3-23(4-6-25)17-26(20-36-12-11-33-21-36)24-7-9-27(32)10-8-24/h3-12,17,21-22,28-29H,13-16,18-20H2,1-2H3,(H,34,37)(H,38,39)/t22?,28-,29?/m0/s1. The molecular weight excluding hydrogens is 543 g/mol. The quantitative estimate of drug-likeness (QED) is 0.287. The van der Waals surface area contributed by atoms with E-state index in [1.807, 2.05) is 35.2 Å². The van der Waals surface area contributed by atoms with Crippen molar-refractivity contribution in [2.24, 2.45) is 5.92 Å². The third-order valence-corrected chi connectivity index (χ3v) is 8.56. The summed E-state index contributed by atoms with van der Waals surface area (Å²) in [5.74, 6) is -1.52. The number of nitrogens with zero attached hydrogens (tertiary/aromatic N) is 3. The molecule has 8 nitrogen and oxygen atoms in total. The zero-order valence-electron chi connectivity index (χ0n) is 23.4. The van der Waals surface area contributed by atoms with Crippen LogP contribution in [0.15, 0.2) is 67.3 Å². The maximum atomic E-state index is 13.5. The molecule has 1 aromatic heterocycles. The number of morpholine rings is 1. The molecule has 3 aromatic rings. The smallest absolute Gasteiger partial charge is 0.326 e. The van der Waals surface area contributed by atoms with Gasteiger partial charge in [-0.15, -0.1) is 0 Å². The molecule has 10 heteroatoms. The Hall–Kier alpha value is -3.47. The van der Waals surface area contributed by atoms with Gasteiger partial charge in [-0.05, 0) is 65.6 Å². The van der Waals surface area contributed by atoms with E-state index in [1.54, 1.807) is 48.6 Å². The van der Waals surface area contributed by atoms with E-state index in [1.165, 1.54) is 12.1 Å². The zero-order valence-corrected chi connectivity index (χ0v) is 24.2. The molecule has 2 aromatic carbocycles. The molecule has 4 rings (SSSR count). The molecule has 0 spiro atoms. The monoisotopic (exact) mass is 580 g/mol. The van der Waals surface area contributed by atoms with Crippen molar-refractivity contribution in [1.82, 2.24) is 19.8 Å². The number of allylic oxidation sites excluding steroid dienone is 1. The Morgan fingerprint density at radius 2 is 1.80 bits per heavy atom. The van der Waals surface area contributed by atoms with Crippen molar-refractivity contribution in [2.75, 3.05) is 39.1 Å². The van der Waals surface area contributed by atoms with Crippen LogP contribution in [-0.4, -0.2) is 81.8 Å². The zero-order chi connectivity index (χ0) is 29.2. The number of hydrogen-bond donors (Lipinski definition) is 2. The Morgan fingerprint density at radius 1 is 1.12 bits per heavy atom. The molecule has 1 aliphatic rings. The molecule has 218 valence electrons. The van der Waals surface area contributed by atoms with Crippen molar-refractivity contribution in [3.8, 4) is 0 Å². The second kappa shape index (κ2) is 15.0. The number of carboxylic acids is 1. The first-order chi connectivity index (χ1) is 19.8. The first-order valence-corrected chi connectivity index (χ1v) is 15.0. The summed E-state index contributed by atoms with van der Waals surface area (Å²) in [6, 6.07) is 12.3. The van der Waals surface area contributed by atoms with Crippen LogP contribution in [0.5, 0.6) is 0 Å². The topological polar surface area (TPSA) is 96.7 Å². The molecule has 2 heterocycles. The Labute approximate surface area is 244 Å². The maximum absolute atomic E-state index is 13.5. The molecule has 3 atom stereocenters. The van der Waals surface area contributed by atoms with Gasteiger partial charge >= 0.3 is 5.97 Å². The average molecular weight is 581 g/mol. The number of aliphatic carboxylic acids is 1. The number of halogens is 1. The molecule has 0 radical (unpaired) electrons. The number of carboxylic acid groups (broad SMARTS) is 1. The molecule has 0 saturated carbocycles. The van der Waals surface area contributed by atoms with Gasteiger partial charge in [0.05, 0.1) is 19.5 Å². The van der Waals surface area contributed by atoms with Gasteiger partial charge in [0.2, 0.25) is 0 Å². The molecule has 1 aliphatic heterocycles. The molecule has 1 saturated heterocycles. The lowest BCUT2D eigenvalue weighted by molar-refractivity contribution is -0.139. The van der Waals surface area contributed by atoms with Crippen LogP contribution in [0, 0.1) is 11.7 Å². The number of benzene rings is 2. The van der Waals surface area contributed by atoms with Crippen molar-refractivity contribution in [2.45, 2.75) is 31.2 Å². The lowest BCUT2D eigenvalue weighted by Crippen LogP contribution is -2.45. The van der Waals surface area contributed by atoms with Gasteiger partial charge in [0.1, 0.15) is 11.9 Å². The molecule has 2 N–H and O–H groups in total. The molecule has 1 amide bonds. The van der Waals surface area contributed by atoms with Gasteiger partial charge in [-0.3, -0.25) is 9.69 Å². The predicted molar refractivity (Wildman–Crippen MR) is 160 cm³/mol. The lowest BCUT2D eigenvalue weighted by Gasteiger charge is -2.32. The molecule has 0 aliphatic carbocycles. The Bertz CT molecular complexity index is 1290. The second-order valence-corrected chi connectivity index (χ2v) is 11.4. The van der Waals surface area contributed by atoms with E-state index in [0.29, 0.717) is 18.5 Å². The van der Waals surface area contributed by atoms with Crippen molar-refractivity contribution in [3.63, 3.8) is 0 Å². The van der Waals surface area contributed by atoms with Crippen LogP contribution in [0.3, 0.4) is 0 Å². The van der Waals surface area contributed by atoms with Crippen molar-refractivity contribution >= 4 is 35.3 Å². The van der Waals surface area contributed by atoms with Crippen LogP contribution in [0.25, 0.3) is 11.6 Å². The summed E-state index contributed by atoms with van der Waals surface area (Å²) in [7, 11) is 0. The highest BCUT2D eigenvalue weighted by Crippen LogP contribution is 2.25. The number of carbonyl (C=O) groups excluding carboxylic acids is 1. The van der Waals surface area contributed by atoms with Crippen LogP contribution < -0.4 is 5.32 Å². The van der Waals surface area contributed by atoms with Gasteiger partial charge < -0.3 is 19.7 Å². The van der Waals surface area contributed by atoms with Crippen molar-refractivity contribution in [1.29, 1.82) is 0 Å². The SMILES string of the molecule is CSC(C[C@H](NC(=O)c1ccc(C=C(Cn2ccnc2)c2ccc(F)cc2)cc1)C(=O)O)C(C)CN1CCOCC1. The van der Waals surface area contributed by atoms with Crippen LogP contribution in [0.2, 0.25) is 0 Å². The number of aromatic nitrogens is 2. The van der Waals surface area contributed by atoms with Gasteiger partial charge in [0.25, 0.3) is 5.91 Å². The van der Waals surface area contributed by atoms with E-state index < -0.39 is 17.9 Å². The minimum absolute atomic E-state index is 0.0761. The number of imidazole rings is 1. The Morgan fingerprint density at radius 3 is 2.41 bits per heavy atom. The van der Waals surface area contributed by atoms with E-state index in [-0.39, 0.29) is 17.0 Å². The number of amides is 1. The number of nitrogens with one attached hydrogen (secondary N) is 1. The molecule has 0 bridgehead atoms. The van der Waals surface area contributed by atoms with Crippen LogP contribution in [0.1, 0.15) is 34.8 Å². The minimum Gasteiger partial charge on any atom is -0.480 e. The van der Waals surface area contributed by atoms with Crippen LogP contribution >= 0.6 is 11.8 Å². The average Bonchev–Trinajstić information content (AvgIpc) is 3.49. The van der Waals surface area contributed by atoms with E-state index >= 15 is 0 Å². The number of carbonyl (C=O) groups is 2. The highest BCUT2D eigenvalue weighted by Gasteiger charge is 2.28. The van der Waals surface area contributed by atoms with Crippen LogP contribution in [-0.2, 0) is 16.1 Å². The Balaban J connectivity index is 1.42. The van der Waals surface area contributed by atoms with E-state index in [2.05, 4.69) is 22.1 Å². The molecule has 41 heavy (non-hydrogen) atoms. The summed E-state index contributed by atoms with van der Waals surface area (Å²) in [6.45, 7) is 6.74. The van der Waals surface area contributed by atoms with Gasteiger partial charge in [0, 0.05) is 49.4 Å². The van der Waals surface area contributed by atoms with E-state index in [9.17, 15) is 19.1 Å². The third kappa shape index (κ3) is 9.01. The predicted octanol–water partition coefficient (Wildman–Crippen LogP) is 4.54. The van der Waals surface area contributed by atoms with Crippen molar-refractivity contribution < 1.29 is 23.8 Å². The number of ether oxygens (including phenoxy) is 1. The van der Waals surface area contributed by atoms with Gasteiger partial charge in [0.15, 0.2) is 0 Å². The van der Waals surface area contributed by atoms with Gasteiger partial charge in [-0.25, -0.2) is 14.2 Å². The van der Waals surface area contributed by atoms with E-state index in [4.69, 9.17) is 4.74 Å². The summed E-state index contributed by atoms with van der Waals surface area (Å²) in [6.07, 6.45) is 9.58. The largest absolute Gasteiger partial charge is 0.480 e. The van der Waals surface area contributed by atoms with Crippen molar-refractivity contribution in [3.05, 3.63) is 89.8 Å². The highest BCUT2D eigenvalue weighted by atomic mass is 32.2. The summed E-state index contributed by atoms with van der Waals surface area (Å²) in [5.41, 5.74) is 3.06. The van der Waals surface area contributed by atoms with E-state index in [0.717, 1.165) is 49.5 Å². The summed E-state index contributed by atoms with van der Waals surface area (Å²) in [4.78, 5) is 31.6. The molecule has 2 unspecified atom stereocenters. The third-order valence-electron chi connectivity index (χ3n) is 7.30. The number of rotatable bonds is 13. The fraction of sp³-hybridized carbons (Fsp3) is 0.387. The lowest BCUT2D eigenvalue weighted by atomic mass is 9.99. The first-order valence-electron chi connectivity index (χ1n) is 13.7. The highest BCUT2D eigenvalue weighted by molar-refractivity contribution is 7.99. The fourth-order valence-electron chi connectivity index (χ4n) is 4.96. The summed E-state index contributed by atoms with van der Waals surface area (Å²) in [5, 5.41) is 12.7. The number of hydrogen-bond acceptors (Lipinski definition) is 6. The minimum atomic E-state index is -1.04. The van der Waals surface area contributed by atoms with Gasteiger partial charge in [-0.2, -0.15) is 11.8 Å². The molecule has 1 fully saturated rings.